The number of aromatic amines is 1. The summed E-state index contributed by atoms with van der Waals surface area (Å²) in [6, 6.07) is -2.68. The molecule has 148 valence electrons. The topological polar surface area (TPSA) is 136 Å². The highest BCUT2D eigenvalue weighted by Gasteiger charge is 2.52. The molecule has 0 bridgehead atoms. The van der Waals surface area contributed by atoms with Gasteiger partial charge in [0.2, 0.25) is 5.91 Å². The van der Waals surface area contributed by atoms with Gasteiger partial charge in [-0.1, -0.05) is 0 Å². The summed E-state index contributed by atoms with van der Waals surface area (Å²) in [5, 5.41) is 21.8. The van der Waals surface area contributed by atoms with Crippen LogP contribution in [0.1, 0.15) is 19.0 Å². The minimum absolute atomic E-state index is 0.144. The molecule has 2 aliphatic heterocycles. The number of H-pyrrole nitrogens is 1. The molecule has 1 aromatic rings. The lowest BCUT2D eigenvalue weighted by atomic mass is 10.1. The number of carboxylic acids is 2. The van der Waals surface area contributed by atoms with E-state index in [1.165, 1.54) is 17.4 Å². The number of likely N-dealkylation sites (tertiary alicyclic amines) is 1. The zero-order valence-corrected chi connectivity index (χ0v) is 16.4. The summed E-state index contributed by atoms with van der Waals surface area (Å²) in [6.07, 6.45) is 3.54. The number of aromatic nitrogens is 2. The number of carbonyl (C=O) groups is 3. The molecule has 3 heterocycles. The van der Waals surface area contributed by atoms with Crippen LogP contribution in [-0.4, -0.2) is 83.2 Å². The molecular formula is C16H22N4O5S2. The van der Waals surface area contributed by atoms with E-state index >= 15 is 0 Å². The first kappa shape index (κ1) is 20.0. The molecule has 11 heteroatoms. The van der Waals surface area contributed by atoms with Gasteiger partial charge in [-0.3, -0.25) is 14.9 Å². The molecule has 2 aliphatic rings. The number of carboxylic acid groups (broad SMARTS) is 2. The average molecular weight is 415 g/mol. The van der Waals surface area contributed by atoms with Gasteiger partial charge in [0.15, 0.2) is 0 Å². The number of rotatable bonds is 7. The molecule has 0 unspecified atom stereocenters. The summed E-state index contributed by atoms with van der Waals surface area (Å²) in [5.41, 5.74) is 0.636. The maximum Gasteiger partial charge on any atom is 0.326 e. The van der Waals surface area contributed by atoms with Crippen molar-refractivity contribution in [1.82, 2.24) is 20.2 Å². The number of carbonyl (C=O) groups excluding carboxylic acids is 1. The lowest BCUT2D eigenvalue weighted by Crippen LogP contribution is -2.53. The van der Waals surface area contributed by atoms with Gasteiger partial charge in [0.1, 0.15) is 12.1 Å². The maximum atomic E-state index is 12.9. The Morgan fingerprint density at radius 2 is 2.11 bits per heavy atom. The van der Waals surface area contributed by atoms with Gasteiger partial charge >= 0.3 is 11.9 Å². The van der Waals surface area contributed by atoms with Gasteiger partial charge in [0.05, 0.1) is 16.4 Å². The summed E-state index contributed by atoms with van der Waals surface area (Å²) in [5.74, 6) is -0.606. The number of amides is 1. The Kier molecular flexibility index (Phi) is 6.02. The Balaban J connectivity index is 1.69. The first-order chi connectivity index (χ1) is 12.8. The van der Waals surface area contributed by atoms with Gasteiger partial charge in [0, 0.05) is 42.8 Å². The van der Waals surface area contributed by atoms with E-state index in [4.69, 9.17) is 0 Å². The number of nitrogens with zero attached hydrogens (tertiary/aromatic N) is 2. The first-order valence-corrected chi connectivity index (χ1v) is 10.6. The quantitative estimate of drug-likeness (QED) is 0.495. The molecule has 0 aliphatic carbocycles. The number of imidazole rings is 1. The van der Waals surface area contributed by atoms with Crippen molar-refractivity contribution in [3.8, 4) is 0 Å². The summed E-state index contributed by atoms with van der Waals surface area (Å²) < 4.78 is -0.263. The van der Waals surface area contributed by atoms with Crippen molar-refractivity contribution >= 4 is 41.4 Å². The smallest absolute Gasteiger partial charge is 0.326 e. The molecule has 3 rings (SSSR count). The third-order valence-electron chi connectivity index (χ3n) is 4.77. The highest BCUT2D eigenvalue weighted by molar-refractivity contribution is 8.21. The van der Waals surface area contributed by atoms with E-state index in [9.17, 15) is 24.6 Å². The van der Waals surface area contributed by atoms with Crippen molar-refractivity contribution in [1.29, 1.82) is 0 Å². The van der Waals surface area contributed by atoms with Gasteiger partial charge in [-0.25, -0.2) is 9.78 Å². The zero-order valence-electron chi connectivity index (χ0n) is 14.8. The summed E-state index contributed by atoms with van der Waals surface area (Å²) in [4.78, 5) is 44.3. The summed E-state index contributed by atoms with van der Waals surface area (Å²) in [6.45, 7) is 1.94. The minimum atomic E-state index is -1.08. The molecule has 9 nitrogen and oxygen atoms in total. The van der Waals surface area contributed by atoms with E-state index in [2.05, 4.69) is 15.3 Å². The van der Waals surface area contributed by atoms with E-state index in [1.54, 1.807) is 30.4 Å². The Labute approximate surface area is 164 Å². The van der Waals surface area contributed by atoms with Crippen molar-refractivity contribution in [2.45, 2.75) is 42.0 Å². The highest BCUT2D eigenvalue weighted by Crippen LogP contribution is 2.51. The fourth-order valence-electron chi connectivity index (χ4n) is 3.45. The second kappa shape index (κ2) is 8.11. The van der Waals surface area contributed by atoms with Crippen LogP contribution in [0.15, 0.2) is 12.5 Å². The van der Waals surface area contributed by atoms with Crippen LogP contribution in [0.5, 0.6) is 0 Å². The standard InChI is InChI=1S/C16H22N4O5S2/c1-9(19-11(14(22)23)4-10-6-17-8-18-10)13(21)20-7-16(26-2-3-27-16)5-12(20)15(24)25/h6,8-9,11-12,19H,2-5,7H2,1H3,(H,17,18)(H,22,23)(H,24,25)/t9-,11+,12-/m0/s1. The molecule has 0 aromatic carbocycles. The normalized spacial score (nSPS) is 23.4. The van der Waals surface area contributed by atoms with Crippen LogP contribution in [0.3, 0.4) is 0 Å². The van der Waals surface area contributed by atoms with E-state index in [0.717, 1.165) is 11.5 Å². The van der Waals surface area contributed by atoms with Crippen molar-refractivity contribution < 1.29 is 24.6 Å². The van der Waals surface area contributed by atoms with Crippen LogP contribution in [0.4, 0.5) is 0 Å². The number of nitrogens with one attached hydrogen (secondary N) is 2. The van der Waals surface area contributed by atoms with Crippen LogP contribution in [-0.2, 0) is 20.8 Å². The van der Waals surface area contributed by atoms with Crippen LogP contribution in [0, 0.1) is 0 Å². The molecule has 27 heavy (non-hydrogen) atoms. The second-order valence-electron chi connectivity index (χ2n) is 6.69. The van der Waals surface area contributed by atoms with Crippen molar-refractivity contribution in [3.05, 3.63) is 18.2 Å². The molecule has 3 atom stereocenters. The van der Waals surface area contributed by atoms with E-state index in [0.29, 0.717) is 18.7 Å². The molecule has 2 saturated heterocycles. The Morgan fingerprint density at radius 3 is 2.67 bits per heavy atom. The Hall–Kier alpha value is -1.72. The van der Waals surface area contributed by atoms with Crippen LogP contribution < -0.4 is 5.32 Å². The van der Waals surface area contributed by atoms with Gasteiger partial charge in [-0.05, 0) is 6.92 Å². The second-order valence-corrected chi connectivity index (χ2v) is 9.91. The van der Waals surface area contributed by atoms with Crippen LogP contribution in [0.25, 0.3) is 0 Å². The van der Waals surface area contributed by atoms with Crippen LogP contribution in [0.2, 0.25) is 0 Å². The molecular weight excluding hydrogens is 392 g/mol. The zero-order chi connectivity index (χ0) is 19.6. The highest BCUT2D eigenvalue weighted by atomic mass is 32.2. The molecule has 1 aromatic heterocycles. The fourth-order valence-corrected chi connectivity index (χ4v) is 6.71. The van der Waals surface area contributed by atoms with Crippen molar-refractivity contribution in [2.24, 2.45) is 0 Å². The maximum absolute atomic E-state index is 12.9. The predicted molar refractivity (Wildman–Crippen MR) is 102 cm³/mol. The molecule has 0 radical (unpaired) electrons. The third kappa shape index (κ3) is 4.41. The molecule has 1 spiro atoms. The monoisotopic (exact) mass is 414 g/mol. The van der Waals surface area contributed by atoms with Crippen molar-refractivity contribution in [3.63, 3.8) is 0 Å². The van der Waals surface area contributed by atoms with Gasteiger partial charge < -0.3 is 20.1 Å². The SMILES string of the molecule is C[C@H](N[C@H](Cc1cnc[nH]1)C(=O)O)C(=O)N1CC2(C[C@H]1C(=O)O)SCCS2. The lowest BCUT2D eigenvalue weighted by Gasteiger charge is -2.27. The fraction of sp³-hybridized carbons (Fsp3) is 0.625. The van der Waals surface area contributed by atoms with E-state index in [-0.39, 0.29) is 16.4 Å². The van der Waals surface area contributed by atoms with Gasteiger partial charge in [-0.15, -0.1) is 23.5 Å². The van der Waals surface area contributed by atoms with E-state index in [1.807, 2.05) is 0 Å². The van der Waals surface area contributed by atoms with Crippen molar-refractivity contribution in [2.75, 3.05) is 18.1 Å². The predicted octanol–water partition coefficient (Wildman–Crippen LogP) is 0.245. The number of aliphatic carboxylic acids is 2. The minimum Gasteiger partial charge on any atom is -0.480 e. The first-order valence-electron chi connectivity index (χ1n) is 8.58. The van der Waals surface area contributed by atoms with Gasteiger partial charge in [-0.2, -0.15) is 0 Å². The third-order valence-corrected chi connectivity index (χ3v) is 8.20. The molecule has 1 amide bonds. The number of hydrogen-bond donors (Lipinski definition) is 4. The van der Waals surface area contributed by atoms with Gasteiger partial charge in [0.25, 0.3) is 0 Å². The number of thioether (sulfide) groups is 2. The number of hydrogen-bond acceptors (Lipinski definition) is 7. The summed E-state index contributed by atoms with van der Waals surface area (Å²) >= 11 is 3.42. The van der Waals surface area contributed by atoms with Crippen LogP contribution >= 0.6 is 23.5 Å². The molecule has 4 N–H and O–H groups in total. The largest absolute Gasteiger partial charge is 0.480 e. The average Bonchev–Trinajstić information content (AvgIpc) is 3.36. The lowest BCUT2D eigenvalue weighted by molar-refractivity contribution is -0.149. The Morgan fingerprint density at radius 1 is 1.41 bits per heavy atom. The van der Waals surface area contributed by atoms with E-state index < -0.39 is 30.1 Å². The molecule has 0 saturated carbocycles. The Bertz CT molecular complexity index is 708. The summed E-state index contributed by atoms with van der Waals surface area (Å²) in [7, 11) is 0. The molecule has 2 fully saturated rings.